The first kappa shape index (κ1) is 13.3. The molecule has 0 bridgehead atoms. The van der Waals surface area contributed by atoms with E-state index in [0.29, 0.717) is 11.1 Å². The standard InChI is InChI=1S/C18H19FO/c1-12-6-7-16(11-17(12)19)18(20)15-9-8-13-4-2-3-5-14(13)10-15/h2-7,11,15,18,20H,8-10H2,1H3. The third-order valence-corrected chi connectivity index (χ3v) is 4.37. The molecule has 2 unspecified atom stereocenters. The van der Waals surface area contributed by atoms with Crippen molar-refractivity contribution >= 4 is 0 Å². The minimum Gasteiger partial charge on any atom is -0.388 e. The fourth-order valence-electron chi connectivity index (χ4n) is 3.06. The van der Waals surface area contributed by atoms with Gasteiger partial charge in [-0.15, -0.1) is 0 Å². The summed E-state index contributed by atoms with van der Waals surface area (Å²) in [6, 6.07) is 13.4. The number of rotatable bonds is 2. The predicted molar refractivity (Wildman–Crippen MR) is 78.1 cm³/mol. The van der Waals surface area contributed by atoms with E-state index in [1.54, 1.807) is 13.0 Å². The summed E-state index contributed by atoms with van der Waals surface area (Å²) >= 11 is 0. The fraction of sp³-hybridized carbons (Fsp3) is 0.333. The Kier molecular flexibility index (Phi) is 3.58. The van der Waals surface area contributed by atoms with Crippen LogP contribution in [0, 0.1) is 18.7 Å². The highest BCUT2D eigenvalue weighted by molar-refractivity contribution is 5.31. The Bertz CT molecular complexity index is 621. The van der Waals surface area contributed by atoms with Crippen molar-refractivity contribution in [1.29, 1.82) is 0 Å². The molecule has 1 N–H and O–H groups in total. The van der Waals surface area contributed by atoms with Crippen molar-refractivity contribution in [2.45, 2.75) is 32.3 Å². The largest absolute Gasteiger partial charge is 0.388 e. The molecule has 2 aromatic carbocycles. The molecule has 0 amide bonds. The van der Waals surface area contributed by atoms with Gasteiger partial charge >= 0.3 is 0 Å². The number of hydrogen-bond donors (Lipinski definition) is 1. The highest BCUT2D eigenvalue weighted by Gasteiger charge is 2.26. The minimum absolute atomic E-state index is 0.173. The zero-order valence-corrected chi connectivity index (χ0v) is 11.6. The Morgan fingerprint density at radius 3 is 2.65 bits per heavy atom. The summed E-state index contributed by atoms with van der Waals surface area (Å²) in [5.74, 6) is -0.0650. The molecule has 2 aromatic rings. The van der Waals surface area contributed by atoms with Gasteiger partial charge in [-0.1, -0.05) is 36.4 Å². The molecule has 2 atom stereocenters. The van der Waals surface area contributed by atoms with Gasteiger partial charge in [0, 0.05) is 0 Å². The quantitative estimate of drug-likeness (QED) is 0.875. The van der Waals surface area contributed by atoms with Crippen molar-refractivity contribution in [2.24, 2.45) is 5.92 Å². The van der Waals surface area contributed by atoms with E-state index in [9.17, 15) is 9.50 Å². The van der Waals surface area contributed by atoms with Gasteiger partial charge in [0.1, 0.15) is 5.82 Å². The van der Waals surface area contributed by atoms with Crippen LogP contribution in [0.3, 0.4) is 0 Å². The summed E-state index contributed by atoms with van der Waals surface area (Å²) in [6.07, 6.45) is 2.23. The molecule has 0 saturated heterocycles. The zero-order valence-electron chi connectivity index (χ0n) is 11.6. The number of benzene rings is 2. The van der Waals surface area contributed by atoms with Crippen LogP contribution in [0.5, 0.6) is 0 Å². The number of aryl methyl sites for hydroxylation is 2. The number of aliphatic hydroxyl groups excluding tert-OH is 1. The van der Waals surface area contributed by atoms with Crippen molar-refractivity contribution < 1.29 is 9.50 Å². The van der Waals surface area contributed by atoms with Gasteiger partial charge in [0.2, 0.25) is 0 Å². The van der Waals surface area contributed by atoms with Gasteiger partial charge in [0.15, 0.2) is 0 Å². The summed E-state index contributed by atoms with van der Waals surface area (Å²) in [5.41, 5.74) is 4.01. The number of fused-ring (bicyclic) bond motifs is 1. The van der Waals surface area contributed by atoms with E-state index in [4.69, 9.17) is 0 Å². The van der Waals surface area contributed by atoms with Crippen LogP contribution in [0.25, 0.3) is 0 Å². The maximum Gasteiger partial charge on any atom is 0.126 e. The molecule has 1 aliphatic rings. The number of aliphatic hydroxyl groups is 1. The molecule has 0 spiro atoms. The SMILES string of the molecule is Cc1ccc(C(O)C2CCc3ccccc3C2)cc1F. The van der Waals surface area contributed by atoms with Crippen molar-refractivity contribution in [3.05, 3.63) is 70.5 Å². The van der Waals surface area contributed by atoms with Gasteiger partial charge < -0.3 is 5.11 Å². The average Bonchev–Trinajstić information content (AvgIpc) is 2.49. The molecule has 20 heavy (non-hydrogen) atoms. The summed E-state index contributed by atoms with van der Waals surface area (Å²) in [7, 11) is 0. The van der Waals surface area contributed by atoms with Crippen LogP contribution in [0.4, 0.5) is 4.39 Å². The van der Waals surface area contributed by atoms with E-state index in [0.717, 1.165) is 19.3 Å². The monoisotopic (exact) mass is 270 g/mol. The average molecular weight is 270 g/mol. The van der Waals surface area contributed by atoms with Crippen molar-refractivity contribution in [3.8, 4) is 0 Å². The van der Waals surface area contributed by atoms with Gasteiger partial charge in [-0.2, -0.15) is 0 Å². The van der Waals surface area contributed by atoms with Crippen LogP contribution in [0.1, 0.15) is 34.8 Å². The smallest absolute Gasteiger partial charge is 0.126 e. The van der Waals surface area contributed by atoms with E-state index in [-0.39, 0.29) is 11.7 Å². The van der Waals surface area contributed by atoms with Crippen LogP contribution in [0.2, 0.25) is 0 Å². The zero-order chi connectivity index (χ0) is 14.1. The van der Waals surface area contributed by atoms with Gasteiger partial charge in [0.25, 0.3) is 0 Å². The lowest BCUT2D eigenvalue weighted by Gasteiger charge is -2.28. The lowest BCUT2D eigenvalue weighted by atomic mass is 9.79. The van der Waals surface area contributed by atoms with E-state index in [1.807, 2.05) is 12.1 Å². The molecule has 2 heteroatoms. The highest BCUT2D eigenvalue weighted by atomic mass is 19.1. The Morgan fingerprint density at radius 1 is 1.15 bits per heavy atom. The molecule has 0 heterocycles. The maximum absolute atomic E-state index is 13.6. The van der Waals surface area contributed by atoms with Crippen LogP contribution in [0.15, 0.2) is 42.5 Å². The molecule has 1 aliphatic carbocycles. The Morgan fingerprint density at radius 2 is 1.90 bits per heavy atom. The molecule has 0 radical (unpaired) electrons. The van der Waals surface area contributed by atoms with Gasteiger partial charge in [-0.3, -0.25) is 0 Å². The third kappa shape index (κ3) is 2.48. The van der Waals surface area contributed by atoms with Crippen LogP contribution >= 0.6 is 0 Å². The molecule has 104 valence electrons. The van der Waals surface area contributed by atoms with Crippen LogP contribution in [-0.4, -0.2) is 5.11 Å². The molecule has 0 fully saturated rings. The Balaban J connectivity index is 1.82. The first-order valence-electron chi connectivity index (χ1n) is 7.16. The van der Waals surface area contributed by atoms with Gasteiger partial charge in [-0.05, 0) is 60.4 Å². The highest BCUT2D eigenvalue weighted by Crippen LogP contribution is 2.34. The molecule has 0 saturated carbocycles. The summed E-state index contributed by atoms with van der Waals surface area (Å²) in [6.45, 7) is 1.74. The maximum atomic E-state index is 13.6. The molecule has 1 nitrogen and oxygen atoms in total. The minimum atomic E-state index is -0.585. The topological polar surface area (TPSA) is 20.2 Å². The second-order valence-corrected chi connectivity index (χ2v) is 5.73. The molecular formula is C18H19FO. The van der Waals surface area contributed by atoms with Crippen molar-refractivity contribution in [2.75, 3.05) is 0 Å². The molecular weight excluding hydrogens is 251 g/mol. The molecule has 3 rings (SSSR count). The second kappa shape index (κ2) is 5.37. The van der Waals surface area contributed by atoms with Gasteiger partial charge in [-0.25, -0.2) is 4.39 Å². The van der Waals surface area contributed by atoms with E-state index in [2.05, 4.69) is 18.2 Å². The Hall–Kier alpha value is -1.67. The number of hydrogen-bond acceptors (Lipinski definition) is 1. The lowest BCUT2D eigenvalue weighted by Crippen LogP contribution is -2.21. The first-order valence-corrected chi connectivity index (χ1v) is 7.16. The first-order chi connectivity index (χ1) is 9.65. The molecule has 0 aliphatic heterocycles. The lowest BCUT2D eigenvalue weighted by molar-refractivity contribution is 0.0992. The summed E-state index contributed by atoms with van der Waals surface area (Å²) in [5, 5.41) is 10.5. The van der Waals surface area contributed by atoms with Crippen molar-refractivity contribution in [3.63, 3.8) is 0 Å². The van der Waals surface area contributed by atoms with Crippen LogP contribution < -0.4 is 0 Å². The predicted octanol–water partition coefficient (Wildman–Crippen LogP) is 3.97. The normalized spacial score (nSPS) is 19.4. The summed E-state index contributed by atoms with van der Waals surface area (Å²) in [4.78, 5) is 0. The summed E-state index contributed by atoms with van der Waals surface area (Å²) < 4.78 is 13.6. The third-order valence-electron chi connectivity index (χ3n) is 4.37. The van der Waals surface area contributed by atoms with E-state index < -0.39 is 6.10 Å². The van der Waals surface area contributed by atoms with E-state index in [1.165, 1.54) is 17.2 Å². The molecule has 0 aromatic heterocycles. The second-order valence-electron chi connectivity index (χ2n) is 5.73. The van der Waals surface area contributed by atoms with Crippen molar-refractivity contribution in [1.82, 2.24) is 0 Å². The van der Waals surface area contributed by atoms with Crippen LogP contribution in [-0.2, 0) is 12.8 Å². The fourth-order valence-corrected chi connectivity index (χ4v) is 3.06. The van der Waals surface area contributed by atoms with Gasteiger partial charge in [0.05, 0.1) is 6.10 Å². The number of halogens is 1. The Labute approximate surface area is 119 Å². The van der Waals surface area contributed by atoms with E-state index >= 15 is 0 Å².